The average Bonchev–Trinajstić information content (AvgIpc) is 2.90. The Morgan fingerprint density at radius 1 is 1.52 bits per heavy atom. The predicted octanol–water partition coefficient (Wildman–Crippen LogP) is 2.19. The molecule has 1 aromatic rings. The second kappa shape index (κ2) is 6.76. The maximum Gasteiger partial charge on any atom is 0.328 e. The number of carbonyl (C=O) groups is 2. The van der Waals surface area contributed by atoms with Crippen LogP contribution in [0, 0.1) is 0 Å². The van der Waals surface area contributed by atoms with E-state index in [1.807, 2.05) is 11.8 Å². The van der Waals surface area contributed by atoms with E-state index in [1.54, 1.807) is 6.07 Å². The van der Waals surface area contributed by atoms with Gasteiger partial charge in [-0.3, -0.25) is 9.78 Å². The lowest BCUT2D eigenvalue weighted by Crippen LogP contribution is -2.36. The normalized spacial score (nSPS) is 21.6. The quantitative estimate of drug-likeness (QED) is 0.815. The first-order valence-electron chi connectivity index (χ1n) is 6.77. The van der Waals surface area contributed by atoms with Crippen LogP contribution in [0.1, 0.15) is 35.7 Å². The SMILES string of the molecule is CC1(CNC(=O)c2cncc(/C=C/C(=O)O)c2)CCCS1. The van der Waals surface area contributed by atoms with E-state index < -0.39 is 5.97 Å². The third kappa shape index (κ3) is 4.60. The van der Waals surface area contributed by atoms with Gasteiger partial charge in [0.15, 0.2) is 0 Å². The second-order valence-electron chi connectivity index (χ2n) is 5.26. The number of thioether (sulfide) groups is 1. The van der Waals surface area contributed by atoms with Gasteiger partial charge in [0.2, 0.25) is 0 Å². The lowest BCUT2D eigenvalue weighted by Gasteiger charge is -2.22. The number of pyridine rings is 1. The highest BCUT2D eigenvalue weighted by molar-refractivity contribution is 8.00. The number of carbonyl (C=O) groups excluding carboxylic acids is 1. The van der Waals surface area contributed by atoms with Gasteiger partial charge >= 0.3 is 5.97 Å². The van der Waals surface area contributed by atoms with Gasteiger partial charge in [-0.25, -0.2) is 4.79 Å². The summed E-state index contributed by atoms with van der Waals surface area (Å²) in [5, 5.41) is 11.5. The summed E-state index contributed by atoms with van der Waals surface area (Å²) in [5.41, 5.74) is 1.03. The Labute approximate surface area is 127 Å². The molecular formula is C15H18N2O3S. The van der Waals surface area contributed by atoms with Crippen LogP contribution in [0.25, 0.3) is 6.08 Å². The van der Waals surface area contributed by atoms with Crippen molar-refractivity contribution in [2.24, 2.45) is 0 Å². The highest BCUT2D eigenvalue weighted by atomic mass is 32.2. The zero-order valence-corrected chi connectivity index (χ0v) is 12.7. The second-order valence-corrected chi connectivity index (χ2v) is 6.95. The van der Waals surface area contributed by atoms with Crippen LogP contribution >= 0.6 is 11.8 Å². The first-order chi connectivity index (χ1) is 9.98. The van der Waals surface area contributed by atoms with E-state index in [9.17, 15) is 9.59 Å². The smallest absolute Gasteiger partial charge is 0.328 e. The monoisotopic (exact) mass is 306 g/mol. The molecule has 0 aromatic carbocycles. The molecule has 6 heteroatoms. The molecule has 1 atom stereocenters. The van der Waals surface area contributed by atoms with Gasteiger partial charge in [-0.05, 0) is 43.2 Å². The molecule has 0 saturated carbocycles. The standard InChI is InChI=1S/C15H18N2O3S/c1-15(5-2-6-21-15)10-17-14(20)12-7-11(8-16-9-12)3-4-13(18)19/h3-4,7-9H,2,5-6,10H2,1H3,(H,17,20)(H,18,19)/b4-3+. The van der Waals surface area contributed by atoms with Crippen molar-refractivity contribution in [3.63, 3.8) is 0 Å². The molecule has 0 aliphatic carbocycles. The van der Waals surface area contributed by atoms with Crippen molar-refractivity contribution in [1.82, 2.24) is 10.3 Å². The number of aromatic nitrogens is 1. The molecule has 1 unspecified atom stereocenters. The van der Waals surface area contributed by atoms with Gasteiger partial charge in [-0.1, -0.05) is 0 Å². The summed E-state index contributed by atoms with van der Waals surface area (Å²) in [4.78, 5) is 26.6. The van der Waals surface area contributed by atoms with Crippen LogP contribution in [0.15, 0.2) is 24.5 Å². The zero-order valence-electron chi connectivity index (χ0n) is 11.8. The van der Waals surface area contributed by atoms with Crippen molar-refractivity contribution in [1.29, 1.82) is 0 Å². The number of carboxylic acids is 1. The number of nitrogens with one attached hydrogen (secondary N) is 1. The van der Waals surface area contributed by atoms with Crippen LogP contribution in [0.3, 0.4) is 0 Å². The molecule has 2 N–H and O–H groups in total. The molecule has 5 nitrogen and oxygen atoms in total. The maximum atomic E-state index is 12.1. The summed E-state index contributed by atoms with van der Waals surface area (Å²) in [7, 11) is 0. The van der Waals surface area contributed by atoms with Crippen molar-refractivity contribution in [2.75, 3.05) is 12.3 Å². The van der Waals surface area contributed by atoms with Crippen LogP contribution in [0.2, 0.25) is 0 Å². The van der Waals surface area contributed by atoms with Crippen molar-refractivity contribution in [3.05, 3.63) is 35.7 Å². The topological polar surface area (TPSA) is 79.3 Å². The summed E-state index contributed by atoms with van der Waals surface area (Å²) in [6.07, 6.45) is 7.74. The minimum atomic E-state index is -1.03. The molecule has 112 valence electrons. The van der Waals surface area contributed by atoms with Gasteiger partial charge in [0, 0.05) is 29.8 Å². The first-order valence-corrected chi connectivity index (χ1v) is 7.75. The molecule has 0 radical (unpaired) electrons. The third-order valence-electron chi connectivity index (χ3n) is 3.36. The van der Waals surface area contributed by atoms with E-state index in [0.29, 0.717) is 17.7 Å². The van der Waals surface area contributed by atoms with Crippen LogP contribution in [-0.2, 0) is 4.79 Å². The maximum absolute atomic E-state index is 12.1. The molecule has 1 amide bonds. The Morgan fingerprint density at radius 2 is 2.33 bits per heavy atom. The van der Waals surface area contributed by atoms with E-state index in [-0.39, 0.29) is 10.7 Å². The van der Waals surface area contributed by atoms with Crippen molar-refractivity contribution >= 4 is 29.7 Å². The van der Waals surface area contributed by atoms with Crippen LogP contribution < -0.4 is 5.32 Å². The third-order valence-corrected chi connectivity index (χ3v) is 4.90. The molecule has 1 fully saturated rings. The van der Waals surface area contributed by atoms with Gasteiger partial charge in [0.25, 0.3) is 5.91 Å². The number of nitrogens with zero attached hydrogens (tertiary/aromatic N) is 1. The van der Waals surface area contributed by atoms with Gasteiger partial charge in [-0.15, -0.1) is 0 Å². The molecule has 1 aromatic heterocycles. The number of hydrogen-bond donors (Lipinski definition) is 2. The van der Waals surface area contributed by atoms with Gasteiger partial charge in [0.1, 0.15) is 0 Å². The summed E-state index contributed by atoms with van der Waals surface area (Å²) < 4.78 is 0.115. The fraction of sp³-hybridized carbons (Fsp3) is 0.400. The molecule has 21 heavy (non-hydrogen) atoms. The molecule has 1 aliphatic heterocycles. The van der Waals surface area contributed by atoms with Gasteiger partial charge < -0.3 is 10.4 Å². The van der Waals surface area contributed by atoms with E-state index in [1.165, 1.54) is 24.9 Å². The Balaban J connectivity index is 1.99. The zero-order chi connectivity index (χ0) is 15.3. The fourth-order valence-electron chi connectivity index (χ4n) is 2.19. The fourth-order valence-corrected chi connectivity index (χ4v) is 3.43. The van der Waals surface area contributed by atoms with E-state index in [0.717, 1.165) is 18.2 Å². The number of carboxylic acid groups (broad SMARTS) is 1. The molecule has 0 spiro atoms. The Hall–Kier alpha value is -1.82. The van der Waals surface area contributed by atoms with Crippen LogP contribution in [0.5, 0.6) is 0 Å². The minimum absolute atomic E-state index is 0.115. The number of rotatable bonds is 5. The predicted molar refractivity (Wildman–Crippen MR) is 83.3 cm³/mol. The molecule has 1 saturated heterocycles. The Morgan fingerprint density at radius 3 is 3.00 bits per heavy atom. The molecule has 2 heterocycles. The average molecular weight is 306 g/mol. The van der Waals surface area contributed by atoms with Gasteiger partial charge in [0.05, 0.1) is 5.56 Å². The summed E-state index contributed by atoms with van der Waals surface area (Å²) >= 11 is 1.89. The van der Waals surface area contributed by atoms with Crippen molar-refractivity contribution in [3.8, 4) is 0 Å². The van der Waals surface area contributed by atoms with Crippen LogP contribution in [-0.4, -0.2) is 39.0 Å². The lowest BCUT2D eigenvalue weighted by atomic mass is 10.1. The largest absolute Gasteiger partial charge is 0.478 e. The Bertz CT molecular complexity index is 566. The lowest BCUT2D eigenvalue weighted by molar-refractivity contribution is -0.131. The highest BCUT2D eigenvalue weighted by Crippen LogP contribution is 2.36. The highest BCUT2D eigenvalue weighted by Gasteiger charge is 2.29. The van der Waals surface area contributed by atoms with E-state index >= 15 is 0 Å². The molecule has 0 bridgehead atoms. The van der Waals surface area contributed by atoms with Crippen molar-refractivity contribution < 1.29 is 14.7 Å². The van der Waals surface area contributed by atoms with Crippen molar-refractivity contribution in [2.45, 2.75) is 24.5 Å². The number of hydrogen-bond acceptors (Lipinski definition) is 4. The summed E-state index contributed by atoms with van der Waals surface area (Å²) in [6, 6.07) is 1.63. The number of aliphatic carboxylic acids is 1. The molecule has 1 aliphatic rings. The number of amides is 1. The van der Waals surface area contributed by atoms with Crippen LogP contribution in [0.4, 0.5) is 0 Å². The van der Waals surface area contributed by atoms with E-state index in [4.69, 9.17) is 5.11 Å². The Kier molecular flexibility index (Phi) is 5.01. The minimum Gasteiger partial charge on any atom is -0.478 e. The van der Waals surface area contributed by atoms with E-state index in [2.05, 4.69) is 17.2 Å². The first kappa shape index (κ1) is 15.6. The summed E-state index contributed by atoms with van der Waals surface area (Å²) in [5.74, 6) is -0.0681. The summed E-state index contributed by atoms with van der Waals surface area (Å²) in [6.45, 7) is 2.79. The molecular weight excluding hydrogens is 288 g/mol. The molecule has 2 rings (SSSR count). The van der Waals surface area contributed by atoms with Gasteiger partial charge in [-0.2, -0.15) is 11.8 Å².